The predicted molar refractivity (Wildman–Crippen MR) is 82.3 cm³/mol. The molecule has 0 atom stereocenters. The zero-order valence-electron chi connectivity index (χ0n) is 11.2. The van der Waals surface area contributed by atoms with E-state index in [1.54, 1.807) is 0 Å². The molecule has 0 aliphatic heterocycles. The van der Waals surface area contributed by atoms with Crippen LogP contribution in [0.4, 0.5) is 5.82 Å². The highest BCUT2D eigenvalue weighted by atomic mass is 79.9. The van der Waals surface area contributed by atoms with Crippen molar-refractivity contribution in [3.63, 3.8) is 0 Å². The summed E-state index contributed by atoms with van der Waals surface area (Å²) in [4.78, 5) is 4.79. The Hall–Kier alpha value is -1.09. The van der Waals surface area contributed by atoms with Crippen LogP contribution < -0.4 is 5.32 Å². The van der Waals surface area contributed by atoms with E-state index < -0.39 is 0 Å². The van der Waals surface area contributed by atoms with E-state index in [2.05, 4.69) is 60.2 Å². The van der Waals surface area contributed by atoms with Gasteiger partial charge in [-0.15, -0.1) is 0 Å². The highest BCUT2D eigenvalue weighted by Gasteiger charge is 2.09. The fourth-order valence-electron chi connectivity index (χ4n) is 2.07. The number of benzene rings is 1. The standard InChI is InChI=1S/C15H19BrN2/c1-4-8-17-15-11(5-2)9-12-10(3)6-7-13(16)14(12)18-15/h6-7,9H,4-5,8H2,1-3H3,(H,17,18). The molecule has 1 aromatic carbocycles. The van der Waals surface area contributed by atoms with Gasteiger partial charge < -0.3 is 5.32 Å². The summed E-state index contributed by atoms with van der Waals surface area (Å²) in [5.74, 6) is 1.03. The lowest BCUT2D eigenvalue weighted by Crippen LogP contribution is -2.05. The Morgan fingerprint density at radius 1 is 1.28 bits per heavy atom. The van der Waals surface area contributed by atoms with E-state index >= 15 is 0 Å². The maximum atomic E-state index is 4.79. The number of hydrogen-bond donors (Lipinski definition) is 1. The van der Waals surface area contributed by atoms with Crippen molar-refractivity contribution >= 4 is 32.7 Å². The molecule has 3 heteroatoms. The minimum atomic E-state index is 0.967. The molecule has 0 saturated heterocycles. The van der Waals surface area contributed by atoms with Crippen molar-refractivity contribution < 1.29 is 0 Å². The highest BCUT2D eigenvalue weighted by molar-refractivity contribution is 9.10. The SMILES string of the molecule is CCCNc1nc2c(Br)ccc(C)c2cc1CC. The van der Waals surface area contributed by atoms with Gasteiger partial charge in [-0.1, -0.05) is 19.9 Å². The normalized spacial score (nSPS) is 10.9. The molecule has 96 valence electrons. The zero-order chi connectivity index (χ0) is 13.1. The lowest BCUT2D eigenvalue weighted by molar-refractivity contribution is 0.961. The molecule has 1 N–H and O–H groups in total. The first-order valence-corrected chi connectivity index (χ1v) is 7.29. The lowest BCUT2D eigenvalue weighted by Gasteiger charge is -2.13. The van der Waals surface area contributed by atoms with Gasteiger partial charge >= 0.3 is 0 Å². The minimum absolute atomic E-state index is 0.967. The quantitative estimate of drug-likeness (QED) is 0.886. The number of nitrogens with one attached hydrogen (secondary N) is 1. The van der Waals surface area contributed by atoms with Crippen molar-refractivity contribution in [2.45, 2.75) is 33.6 Å². The van der Waals surface area contributed by atoms with Crippen LogP contribution >= 0.6 is 15.9 Å². The summed E-state index contributed by atoms with van der Waals surface area (Å²) in [5.41, 5.74) is 3.61. The van der Waals surface area contributed by atoms with Gasteiger partial charge in [0.15, 0.2) is 0 Å². The number of rotatable bonds is 4. The third-order valence-corrected chi connectivity index (χ3v) is 3.80. The van der Waals surface area contributed by atoms with Gasteiger partial charge in [0, 0.05) is 16.4 Å². The van der Waals surface area contributed by atoms with E-state index in [0.29, 0.717) is 0 Å². The molecular formula is C15H19BrN2. The van der Waals surface area contributed by atoms with Gasteiger partial charge in [-0.25, -0.2) is 4.98 Å². The zero-order valence-corrected chi connectivity index (χ0v) is 12.8. The van der Waals surface area contributed by atoms with Gasteiger partial charge in [-0.3, -0.25) is 0 Å². The van der Waals surface area contributed by atoms with Crippen LogP contribution in [-0.2, 0) is 6.42 Å². The van der Waals surface area contributed by atoms with Crippen molar-refractivity contribution in [2.24, 2.45) is 0 Å². The number of anilines is 1. The van der Waals surface area contributed by atoms with Crippen LogP contribution in [-0.4, -0.2) is 11.5 Å². The first-order chi connectivity index (χ1) is 8.67. The van der Waals surface area contributed by atoms with Crippen LogP contribution in [0.5, 0.6) is 0 Å². The van der Waals surface area contributed by atoms with Crippen LogP contribution in [0, 0.1) is 6.92 Å². The largest absolute Gasteiger partial charge is 0.370 e. The second-order valence-electron chi connectivity index (χ2n) is 4.54. The number of hydrogen-bond acceptors (Lipinski definition) is 2. The van der Waals surface area contributed by atoms with E-state index in [1.807, 2.05) is 0 Å². The molecule has 0 aliphatic carbocycles. The van der Waals surface area contributed by atoms with E-state index in [-0.39, 0.29) is 0 Å². The summed E-state index contributed by atoms with van der Waals surface area (Å²) < 4.78 is 1.06. The molecule has 2 nitrogen and oxygen atoms in total. The number of pyridine rings is 1. The second-order valence-corrected chi connectivity index (χ2v) is 5.39. The Labute approximate surface area is 117 Å². The Balaban J connectivity index is 2.61. The van der Waals surface area contributed by atoms with E-state index in [4.69, 9.17) is 4.98 Å². The average Bonchev–Trinajstić information content (AvgIpc) is 2.40. The van der Waals surface area contributed by atoms with Crippen LogP contribution in [0.3, 0.4) is 0 Å². The fraction of sp³-hybridized carbons (Fsp3) is 0.400. The summed E-state index contributed by atoms with van der Waals surface area (Å²) in [6.07, 6.45) is 2.11. The number of fused-ring (bicyclic) bond motifs is 1. The maximum Gasteiger partial charge on any atom is 0.129 e. The van der Waals surface area contributed by atoms with Crippen LogP contribution in [0.1, 0.15) is 31.4 Å². The van der Waals surface area contributed by atoms with Gasteiger partial charge in [-0.2, -0.15) is 0 Å². The average molecular weight is 307 g/mol. The Bertz CT molecular complexity index is 564. The number of nitrogens with zero attached hydrogens (tertiary/aromatic N) is 1. The third-order valence-electron chi connectivity index (χ3n) is 3.16. The van der Waals surface area contributed by atoms with Gasteiger partial charge in [0.1, 0.15) is 5.82 Å². The molecule has 0 bridgehead atoms. The molecular weight excluding hydrogens is 288 g/mol. The van der Waals surface area contributed by atoms with Gasteiger partial charge in [-0.05, 0) is 59.0 Å². The molecule has 0 spiro atoms. The molecule has 0 radical (unpaired) electrons. The Morgan fingerprint density at radius 3 is 2.72 bits per heavy atom. The number of halogens is 1. The first kappa shape index (κ1) is 13.3. The molecule has 1 aromatic heterocycles. The van der Waals surface area contributed by atoms with Crippen molar-refractivity contribution in [2.75, 3.05) is 11.9 Å². The van der Waals surface area contributed by atoms with E-state index in [9.17, 15) is 0 Å². The van der Waals surface area contributed by atoms with Crippen LogP contribution in [0.15, 0.2) is 22.7 Å². The summed E-state index contributed by atoms with van der Waals surface area (Å²) in [6.45, 7) is 7.44. The molecule has 0 aliphatic rings. The molecule has 2 rings (SSSR count). The predicted octanol–water partition coefficient (Wildman–Crippen LogP) is 4.69. The number of aryl methyl sites for hydroxylation is 2. The number of aromatic nitrogens is 1. The van der Waals surface area contributed by atoms with Crippen LogP contribution in [0.2, 0.25) is 0 Å². The first-order valence-electron chi connectivity index (χ1n) is 6.50. The second kappa shape index (κ2) is 5.70. The molecule has 0 unspecified atom stereocenters. The summed E-state index contributed by atoms with van der Waals surface area (Å²) in [7, 11) is 0. The molecule has 0 fully saturated rings. The third kappa shape index (κ3) is 2.51. The lowest BCUT2D eigenvalue weighted by atomic mass is 10.1. The molecule has 1 heterocycles. The van der Waals surface area contributed by atoms with Crippen molar-refractivity contribution in [3.05, 3.63) is 33.8 Å². The minimum Gasteiger partial charge on any atom is -0.370 e. The molecule has 0 amide bonds. The van der Waals surface area contributed by atoms with Gasteiger partial charge in [0.05, 0.1) is 5.52 Å². The molecule has 18 heavy (non-hydrogen) atoms. The highest BCUT2D eigenvalue weighted by Crippen LogP contribution is 2.29. The van der Waals surface area contributed by atoms with E-state index in [1.165, 1.54) is 16.5 Å². The van der Waals surface area contributed by atoms with E-state index in [0.717, 1.165) is 35.2 Å². The smallest absolute Gasteiger partial charge is 0.129 e. The molecule has 0 saturated carbocycles. The fourth-order valence-corrected chi connectivity index (χ4v) is 2.50. The van der Waals surface area contributed by atoms with Gasteiger partial charge in [0.25, 0.3) is 0 Å². The Kier molecular flexibility index (Phi) is 4.23. The summed E-state index contributed by atoms with van der Waals surface area (Å²) in [5, 5.41) is 4.66. The maximum absolute atomic E-state index is 4.79. The summed E-state index contributed by atoms with van der Waals surface area (Å²) in [6, 6.07) is 6.47. The van der Waals surface area contributed by atoms with Gasteiger partial charge in [0.2, 0.25) is 0 Å². The molecule has 2 aromatic rings. The Morgan fingerprint density at radius 2 is 2.06 bits per heavy atom. The topological polar surface area (TPSA) is 24.9 Å². The van der Waals surface area contributed by atoms with Crippen molar-refractivity contribution in [1.82, 2.24) is 4.98 Å². The van der Waals surface area contributed by atoms with Crippen molar-refractivity contribution in [3.8, 4) is 0 Å². The van der Waals surface area contributed by atoms with Crippen LogP contribution in [0.25, 0.3) is 10.9 Å². The monoisotopic (exact) mass is 306 g/mol. The van der Waals surface area contributed by atoms with Crippen molar-refractivity contribution in [1.29, 1.82) is 0 Å². The summed E-state index contributed by atoms with van der Waals surface area (Å²) >= 11 is 3.59.